The first kappa shape index (κ1) is 16.7. The third-order valence-corrected chi connectivity index (χ3v) is 4.29. The molecule has 0 bridgehead atoms. The monoisotopic (exact) mass is 310 g/mol. The Hall–Kier alpha value is -1.63. The molecule has 0 aromatic carbocycles. The Bertz CT molecular complexity index is 417. The third kappa shape index (κ3) is 5.63. The first-order chi connectivity index (χ1) is 10.6. The molecule has 22 heavy (non-hydrogen) atoms. The summed E-state index contributed by atoms with van der Waals surface area (Å²) in [6.07, 6.45) is 7.37. The Labute approximate surface area is 130 Å². The van der Waals surface area contributed by atoms with E-state index in [1.54, 1.807) is 0 Å². The van der Waals surface area contributed by atoms with Gasteiger partial charge in [0.15, 0.2) is 0 Å². The summed E-state index contributed by atoms with van der Waals surface area (Å²) < 4.78 is 0. The van der Waals surface area contributed by atoms with E-state index in [9.17, 15) is 14.4 Å². The molecule has 1 atom stereocenters. The molecule has 2 aliphatic carbocycles. The maximum absolute atomic E-state index is 12.3. The smallest absolute Gasteiger partial charge is 0.243 e. The van der Waals surface area contributed by atoms with Gasteiger partial charge < -0.3 is 21.7 Å². The lowest BCUT2D eigenvalue weighted by Crippen LogP contribution is -2.54. The number of carbonyl (C=O) groups is 3. The van der Waals surface area contributed by atoms with Crippen molar-refractivity contribution in [2.24, 2.45) is 11.7 Å². The van der Waals surface area contributed by atoms with Crippen molar-refractivity contribution in [3.05, 3.63) is 0 Å². The minimum Gasteiger partial charge on any atom is -0.368 e. The molecule has 0 aliphatic heterocycles. The Morgan fingerprint density at radius 2 is 1.68 bits per heavy atom. The SMILES string of the molecule is NC(=O)CNC(=O)[C@@H](NC(=O)CNC1CC1)C1CCCCC1. The van der Waals surface area contributed by atoms with Gasteiger partial charge in [0.2, 0.25) is 17.7 Å². The average Bonchev–Trinajstić information content (AvgIpc) is 3.33. The van der Waals surface area contributed by atoms with Crippen LogP contribution in [-0.2, 0) is 14.4 Å². The number of amides is 3. The average molecular weight is 310 g/mol. The van der Waals surface area contributed by atoms with Crippen LogP contribution in [0.15, 0.2) is 0 Å². The molecule has 3 amide bonds. The third-order valence-electron chi connectivity index (χ3n) is 4.29. The second kappa shape index (κ2) is 8.12. The Kier molecular flexibility index (Phi) is 6.18. The van der Waals surface area contributed by atoms with Crippen molar-refractivity contribution in [3.8, 4) is 0 Å². The molecule has 2 saturated carbocycles. The number of hydrogen-bond donors (Lipinski definition) is 4. The molecule has 7 nitrogen and oxygen atoms in total. The van der Waals surface area contributed by atoms with Gasteiger partial charge in [-0.2, -0.15) is 0 Å². The van der Waals surface area contributed by atoms with E-state index in [2.05, 4.69) is 16.0 Å². The fraction of sp³-hybridized carbons (Fsp3) is 0.800. The summed E-state index contributed by atoms with van der Waals surface area (Å²) in [5, 5.41) is 8.48. The molecule has 0 unspecified atom stereocenters. The number of rotatable bonds is 8. The molecular formula is C15H26N4O3. The molecule has 0 spiro atoms. The van der Waals surface area contributed by atoms with Crippen LogP contribution in [0.5, 0.6) is 0 Å². The second-order valence-electron chi connectivity index (χ2n) is 6.28. The van der Waals surface area contributed by atoms with Crippen LogP contribution in [0.3, 0.4) is 0 Å². The lowest BCUT2D eigenvalue weighted by Gasteiger charge is -2.30. The standard InChI is InChI=1S/C15H26N4O3/c16-12(20)8-18-15(22)14(10-4-2-1-3-5-10)19-13(21)9-17-11-6-7-11/h10-11,14,17H,1-9H2,(H2,16,20)(H,18,22)(H,19,21)/t14-/m0/s1. The van der Waals surface area contributed by atoms with Crippen molar-refractivity contribution in [1.29, 1.82) is 0 Å². The van der Waals surface area contributed by atoms with Crippen LogP contribution in [-0.4, -0.2) is 42.9 Å². The summed E-state index contributed by atoms with van der Waals surface area (Å²) in [5.41, 5.74) is 5.06. The van der Waals surface area contributed by atoms with Crippen LogP contribution in [0.1, 0.15) is 44.9 Å². The largest absolute Gasteiger partial charge is 0.368 e. The molecule has 5 N–H and O–H groups in total. The predicted molar refractivity (Wildman–Crippen MR) is 81.7 cm³/mol. The van der Waals surface area contributed by atoms with Crippen LogP contribution >= 0.6 is 0 Å². The Morgan fingerprint density at radius 1 is 1.00 bits per heavy atom. The number of hydrogen-bond acceptors (Lipinski definition) is 4. The van der Waals surface area contributed by atoms with Gasteiger partial charge in [0.05, 0.1) is 13.1 Å². The van der Waals surface area contributed by atoms with Gasteiger partial charge in [-0.05, 0) is 31.6 Å². The van der Waals surface area contributed by atoms with Gasteiger partial charge >= 0.3 is 0 Å². The summed E-state index contributed by atoms with van der Waals surface area (Å²) in [6.45, 7) is 0.0369. The Morgan fingerprint density at radius 3 is 2.27 bits per heavy atom. The Balaban J connectivity index is 1.88. The fourth-order valence-corrected chi connectivity index (χ4v) is 2.90. The van der Waals surface area contributed by atoms with E-state index in [0.717, 1.165) is 38.5 Å². The maximum atomic E-state index is 12.3. The highest BCUT2D eigenvalue weighted by Crippen LogP contribution is 2.26. The van der Waals surface area contributed by atoms with Crippen LogP contribution in [0.4, 0.5) is 0 Å². The summed E-state index contributed by atoms with van der Waals surface area (Å²) in [5.74, 6) is -0.939. The van der Waals surface area contributed by atoms with Crippen molar-refractivity contribution in [2.75, 3.05) is 13.1 Å². The zero-order chi connectivity index (χ0) is 15.9. The van der Waals surface area contributed by atoms with Crippen LogP contribution in [0.2, 0.25) is 0 Å². The molecule has 0 aromatic heterocycles. The minimum absolute atomic E-state index is 0.131. The fourth-order valence-electron chi connectivity index (χ4n) is 2.90. The maximum Gasteiger partial charge on any atom is 0.243 e. The van der Waals surface area contributed by atoms with Crippen LogP contribution in [0, 0.1) is 5.92 Å². The van der Waals surface area contributed by atoms with Crippen molar-refractivity contribution < 1.29 is 14.4 Å². The van der Waals surface area contributed by atoms with E-state index in [-0.39, 0.29) is 30.8 Å². The van der Waals surface area contributed by atoms with Gasteiger partial charge in [0, 0.05) is 6.04 Å². The van der Waals surface area contributed by atoms with E-state index < -0.39 is 11.9 Å². The van der Waals surface area contributed by atoms with Gasteiger partial charge in [0.25, 0.3) is 0 Å². The molecule has 7 heteroatoms. The molecule has 0 heterocycles. The first-order valence-corrected chi connectivity index (χ1v) is 8.15. The number of carbonyl (C=O) groups excluding carboxylic acids is 3. The van der Waals surface area contributed by atoms with E-state index >= 15 is 0 Å². The highest BCUT2D eigenvalue weighted by atomic mass is 16.2. The summed E-state index contributed by atoms with van der Waals surface area (Å²) in [6, 6.07) is -0.129. The van der Waals surface area contributed by atoms with Crippen molar-refractivity contribution in [1.82, 2.24) is 16.0 Å². The van der Waals surface area contributed by atoms with Gasteiger partial charge in [-0.3, -0.25) is 14.4 Å². The summed E-state index contributed by atoms with van der Waals surface area (Å²) in [7, 11) is 0. The second-order valence-corrected chi connectivity index (χ2v) is 6.28. The van der Waals surface area contributed by atoms with Crippen LogP contribution in [0.25, 0.3) is 0 Å². The first-order valence-electron chi connectivity index (χ1n) is 8.15. The molecule has 0 saturated heterocycles. The van der Waals surface area contributed by atoms with E-state index in [1.165, 1.54) is 6.42 Å². The lowest BCUT2D eigenvalue weighted by molar-refractivity contribution is -0.131. The summed E-state index contributed by atoms with van der Waals surface area (Å²) >= 11 is 0. The molecule has 2 rings (SSSR count). The zero-order valence-electron chi connectivity index (χ0n) is 12.9. The quantitative estimate of drug-likeness (QED) is 0.479. The molecular weight excluding hydrogens is 284 g/mol. The van der Waals surface area contributed by atoms with E-state index in [0.29, 0.717) is 6.04 Å². The predicted octanol–water partition coefficient (Wildman–Crippen LogP) is -0.595. The molecule has 0 radical (unpaired) electrons. The number of nitrogens with two attached hydrogens (primary N) is 1. The molecule has 124 valence electrons. The number of nitrogens with one attached hydrogen (secondary N) is 3. The molecule has 2 fully saturated rings. The molecule has 0 aromatic rings. The van der Waals surface area contributed by atoms with Gasteiger partial charge in [0.1, 0.15) is 6.04 Å². The topological polar surface area (TPSA) is 113 Å². The van der Waals surface area contributed by atoms with Crippen molar-refractivity contribution in [2.45, 2.75) is 57.0 Å². The van der Waals surface area contributed by atoms with E-state index in [1.807, 2.05) is 0 Å². The van der Waals surface area contributed by atoms with Crippen LogP contribution < -0.4 is 21.7 Å². The van der Waals surface area contributed by atoms with Gasteiger partial charge in [-0.1, -0.05) is 19.3 Å². The van der Waals surface area contributed by atoms with Gasteiger partial charge in [-0.15, -0.1) is 0 Å². The van der Waals surface area contributed by atoms with E-state index in [4.69, 9.17) is 5.73 Å². The van der Waals surface area contributed by atoms with Crippen molar-refractivity contribution >= 4 is 17.7 Å². The molecule has 2 aliphatic rings. The van der Waals surface area contributed by atoms with Crippen molar-refractivity contribution in [3.63, 3.8) is 0 Å². The summed E-state index contributed by atoms with van der Waals surface area (Å²) in [4.78, 5) is 35.1. The minimum atomic E-state index is -0.586. The highest BCUT2D eigenvalue weighted by molar-refractivity contribution is 5.90. The zero-order valence-corrected chi connectivity index (χ0v) is 12.9. The normalized spacial score (nSPS) is 20.2. The highest BCUT2D eigenvalue weighted by Gasteiger charge is 2.31. The van der Waals surface area contributed by atoms with Gasteiger partial charge in [-0.25, -0.2) is 0 Å². The number of primary amides is 1. The lowest BCUT2D eigenvalue weighted by atomic mass is 9.83.